The molecular weight excluding hydrogens is 208 g/mol. The maximum absolute atomic E-state index is 10.0. The fourth-order valence-electron chi connectivity index (χ4n) is 0.795. The Morgan fingerprint density at radius 2 is 2.55 bits per heavy atom. The summed E-state index contributed by atoms with van der Waals surface area (Å²) < 4.78 is 2.73. The maximum atomic E-state index is 10.0. The SMILES string of the molecule is Cc1cnn(CCC=O)c1Br. The van der Waals surface area contributed by atoms with Crippen LogP contribution in [0.2, 0.25) is 0 Å². The van der Waals surface area contributed by atoms with E-state index >= 15 is 0 Å². The van der Waals surface area contributed by atoms with E-state index in [9.17, 15) is 4.79 Å². The monoisotopic (exact) mass is 216 g/mol. The molecule has 0 spiro atoms. The van der Waals surface area contributed by atoms with Gasteiger partial charge in [0.2, 0.25) is 0 Å². The van der Waals surface area contributed by atoms with Gasteiger partial charge in [0.1, 0.15) is 10.9 Å². The lowest BCUT2D eigenvalue weighted by molar-refractivity contribution is -0.108. The minimum absolute atomic E-state index is 0.514. The molecule has 0 aliphatic carbocycles. The highest BCUT2D eigenvalue weighted by atomic mass is 79.9. The van der Waals surface area contributed by atoms with Crippen molar-refractivity contribution in [1.82, 2.24) is 9.78 Å². The van der Waals surface area contributed by atoms with Gasteiger partial charge in [-0.15, -0.1) is 0 Å². The van der Waals surface area contributed by atoms with Gasteiger partial charge in [-0.1, -0.05) is 0 Å². The Morgan fingerprint density at radius 3 is 3.00 bits per heavy atom. The number of rotatable bonds is 3. The zero-order chi connectivity index (χ0) is 8.27. The molecule has 0 saturated heterocycles. The summed E-state index contributed by atoms with van der Waals surface area (Å²) in [4.78, 5) is 10.0. The van der Waals surface area contributed by atoms with Gasteiger partial charge in [0.25, 0.3) is 0 Å². The number of carbonyl (C=O) groups is 1. The van der Waals surface area contributed by atoms with Gasteiger partial charge >= 0.3 is 0 Å². The Hall–Kier alpha value is -0.640. The summed E-state index contributed by atoms with van der Waals surface area (Å²) >= 11 is 3.36. The summed E-state index contributed by atoms with van der Waals surface area (Å²) in [5.74, 6) is 0. The molecular formula is C7H9BrN2O. The van der Waals surface area contributed by atoms with Crippen molar-refractivity contribution in [2.45, 2.75) is 19.9 Å². The third-order valence-electron chi connectivity index (χ3n) is 1.40. The van der Waals surface area contributed by atoms with E-state index < -0.39 is 0 Å². The van der Waals surface area contributed by atoms with Crippen molar-refractivity contribution < 1.29 is 4.79 Å². The van der Waals surface area contributed by atoms with Crippen LogP contribution in [-0.2, 0) is 11.3 Å². The molecule has 0 saturated carbocycles. The molecule has 0 amide bonds. The van der Waals surface area contributed by atoms with E-state index in [0.717, 1.165) is 16.5 Å². The molecule has 60 valence electrons. The van der Waals surface area contributed by atoms with Crippen molar-refractivity contribution >= 4 is 22.2 Å². The van der Waals surface area contributed by atoms with Gasteiger partial charge in [-0.3, -0.25) is 4.68 Å². The zero-order valence-corrected chi connectivity index (χ0v) is 7.84. The first-order chi connectivity index (χ1) is 5.25. The van der Waals surface area contributed by atoms with Crippen LogP contribution < -0.4 is 0 Å². The number of aldehydes is 1. The van der Waals surface area contributed by atoms with Crippen LogP contribution >= 0.6 is 15.9 Å². The average molecular weight is 217 g/mol. The summed E-state index contributed by atoms with van der Waals surface area (Å²) in [5, 5.41) is 4.06. The number of carbonyl (C=O) groups excluding carboxylic acids is 1. The van der Waals surface area contributed by atoms with Crippen LogP contribution in [0.4, 0.5) is 0 Å². The Labute approximate surface area is 73.5 Å². The van der Waals surface area contributed by atoms with Crippen molar-refractivity contribution in [2.24, 2.45) is 0 Å². The second-order valence-corrected chi connectivity index (χ2v) is 3.05. The van der Waals surface area contributed by atoms with Crippen LogP contribution in [0.15, 0.2) is 10.8 Å². The first-order valence-electron chi connectivity index (χ1n) is 3.37. The van der Waals surface area contributed by atoms with Gasteiger partial charge in [0, 0.05) is 18.5 Å². The van der Waals surface area contributed by atoms with E-state index in [4.69, 9.17) is 0 Å². The van der Waals surface area contributed by atoms with Crippen molar-refractivity contribution in [2.75, 3.05) is 0 Å². The van der Waals surface area contributed by atoms with E-state index in [1.165, 1.54) is 0 Å². The molecule has 0 unspecified atom stereocenters. The standard InChI is InChI=1S/C7H9BrN2O/c1-6-5-9-10(7(6)8)3-2-4-11/h4-5H,2-3H2,1H3. The number of nitrogens with zero attached hydrogens (tertiary/aromatic N) is 2. The van der Waals surface area contributed by atoms with Gasteiger partial charge in [0.05, 0.1) is 6.20 Å². The first-order valence-corrected chi connectivity index (χ1v) is 4.16. The Kier molecular flexibility index (Phi) is 2.82. The van der Waals surface area contributed by atoms with Crippen LogP contribution in [-0.4, -0.2) is 16.1 Å². The van der Waals surface area contributed by atoms with E-state index in [1.54, 1.807) is 10.9 Å². The summed E-state index contributed by atoms with van der Waals surface area (Å²) in [6.07, 6.45) is 3.18. The third kappa shape index (κ3) is 1.89. The summed E-state index contributed by atoms with van der Waals surface area (Å²) in [7, 11) is 0. The Balaban J connectivity index is 2.70. The molecule has 0 bridgehead atoms. The van der Waals surface area contributed by atoms with Gasteiger partial charge in [-0.05, 0) is 22.9 Å². The van der Waals surface area contributed by atoms with Crippen LogP contribution in [0.3, 0.4) is 0 Å². The maximum Gasteiger partial charge on any atom is 0.121 e. The van der Waals surface area contributed by atoms with Crippen molar-refractivity contribution in [3.05, 3.63) is 16.4 Å². The van der Waals surface area contributed by atoms with Crippen LogP contribution in [0, 0.1) is 6.92 Å². The van der Waals surface area contributed by atoms with Gasteiger partial charge in [-0.25, -0.2) is 0 Å². The first kappa shape index (κ1) is 8.46. The van der Waals surface area contributed by atoms with E-state index in [1.807, 2.05) is 6.92 Å². The smallest absolute Gasteiger partial charge is 0.121 e. The molecule has 0 aromatic carbocycles. The molecule has 0 aliphatic heterocycles. The number of hydrogen-bond acceptors (Lipinski definition) is 2. The fourth-order valence-corrected chi connectivity index (χ4v) is 1.17. The molecule has 3 nitrogen and oxygen atoms in total. The molecule has 0 atom stereocenters. The minimum atomic E-state index is 0.514. The second kappa shape index (κ2) is 3.67. The van der Waals surface area contributed by atoms with Crippen LogP contribution in [0.5, 0.6) is 0 Å². The molecule has 11 heavy (non-hydrogen) atoms. The number of aromatic nitrogens is 2. The zero-order valence-electron chi connectivity index (χ0n) is 6.25. The normalized spacial score (nSPS) is 10.0. The minimum Gasteiger partial charge on any atom is -0.303 e. The Bertz CT molecular complexity index is 257. The predicted molar refractivity (Wildman–Crippen MR) is 45.3 cm³/mol. The lowest BCUT2D eigenvalue weighted by atomic mass is 10.4. The summed E-state index contributed by atoms with van der Waals surface area (Å²) in [6.45, 7) is 2.62. The molecule has 0 radical (unpaired) electrons. The summed E-state index contributed by atoms with van der Waals surface area (Å²) in [5.41, 5.74) is 1.09. The van der Waals surface area contributed by atoms with E-state index in [2.05, 4.69) is 21.0 Å². The van der Waals surface area contributed by atoms with E-state index in [-0.39, 0.29) is 0 Å². The molecule has 0 N–H and O–H groups in total. The summed E-state index contributed by atoms with van der Waals surface area (Å²) in [6, 6.07) is 0. The van der Waals surface area contributed by atoms with Gasteiger partial charge < -0.3 is 4.79 Å². The molecule has 1 heterocycles. The highest BCUT2D eigenvalue weighted by molar-refractivity contribution is 9.10. The lowest BCUT2D eigenvalue weighted by Gasteiger charge is -1.98. The quantitative estimate of drug-likeness (QED) is 0.720. The molecule has 0 fully saturated rings. The van der Waals surface area contributed by atoms with E-state index in [0.29, 0.717) is 13.0 Å². The number of halogens is 1. The second-order valence-electron chi connectivity index (χ2n) is 2.30. The van der Waals surface area contributed by atoms with Crippen LogP contribution in [0.25, 0.3) is 0 Å². The molecule has 1 aromatic heterocycles. The average Bonchev–Trinajstić information content (AvgIpc) is 2.31. The third-order valence-corrected chi connectivity index (χ3v) is 2.44. The van der Waals surface area contributed by atoms with Crippen LogP contribution in [0.1, 0.15) is 12.0 Å². The number of aryl methyl sites for hydroxylation is 2. The van der Waals surface area contributed by atoms with Gasteiger partial charge in [-0.2, -0.15) is 5.10 Å². The largest absolute Gasteiger partial charge is 0.303 e. The lowest BCUT2D eigenvalue weighted by Crippen LogP contribution is -2.00. The highest BCUT2D eigenvalue weighted by Crippen LogP contribution is 2.14. The topological polar surface area (TPSA) is 34.9 Å². The molecule has 4 heteroatoms. The predicted octanol–water partition coefficient (Wildman–Crippen LogP) is 1.54. The number of hydrogen-bond donors (Lipinski definition) is 0. The van der Waals surface area contributed by atoms with Crippen molar-refractivity contribution in [3.63, 3.8) is 0 Å². The molecule has 1 rings (SSSR count). The molecule has 0 aliphatic rings. The Morgan fingerprint density at radius 1 is 1.82 bits per heavy atom. The van der Waals surface area contributed by atoms with Gasteiger partial charge in [0.15, 0.2) is 0 Å². The van der Waals surface area contributed by atoms with Crippen molar-refractivity contribution in [3.8, 4) is 0 Å². The highest BCUT2D eigenvalue weighted by Gasteiger charge is 2.01. The fraction of sp³-hybridized carbons (Fsp3) is 0.429. The van der Waals surface area contributed by atoms with Crippen molar-refractivity contribution in [1.29, 1.82) is 0 Å². The molecule has 1 aromatic rings.